The first-order valence-corrected chi connectivity index (χ1v) is 15.2. The Morgan fingerprint density at radius 2 is 1.75 bits per heavy atom. The summed E-state index contributed by atoms with van der Waals surface area (Å²) in [5.41, 5.74) is 2.65. The van der Waals surface area contributed by atoms with E-state index in [0.29, 0.717) is 23.3 Å². The van der Waals surface area contributed by atoms with E-state index in [4.69, 9.17) is 23.2 Å². The van der Waals surface area contributed by atoms with Crippen LogP contribution >= 0.6 is 23.2 Å². The Balaban J connectivity index is 1.26. The van der Waals surface area contributed by atoms with Gasteiger partial charge in [0, 0.05) is 43.4 Å². The van der Waals surface area contributed by atoms with Gasteiger partial charge in [0.25, 0.3) is 0 Å². The summed E-state index contributed by atoms with van der Waals surface area (Å²) < 4.78 is 0. The molecule has 2 aromatic carbocycles. The number of carbonyl (C=O) groups is 2. The second kappa shape index (κ2) is 12.1. The lowest BCUT2D eigenvalue weighted by Crippen LogP contribution is -2.56. The summed E-state index contributed by atoms with van der Waals surface area (Å²) in [6.07, 6.45) is 7.31. The molecule has 0 bridgehead atoms. The highest BCUT2D eigenvalue weighted by molar-refractivity contribution is 6.42. The van der Waals surface area contributed by atoms with Gasteiger partial charge in [-0.05, 0) is 88.7 Å². The van der Waals surface area contributed by atoms with E-state index in [9.17, 15) is 9.59 Å². The van der Waals surface area contributed by atoms with Crippen LogP contribution in [0.25, 0.3) is 0 Å². The molecule has 5 rings (SSSR count). The second-order valence-corrected chi connectivity index (χ2v) is 12.7. The van der Waals surface area contributed by atoms with Crippen LogP contribution in [0.4, 0.5) is 5.69 Å². The Bertz CT molecular complexity index is 1250. The standard InChI is InChI=1S/C32H40Cl2N4O2/c1-24(2)20-29(39)37-17-7-13-31(22-37,25-10-11-27(33)28(34)21-25)12-6-16-36-18-14-32(15-19-36)30(40)35-23-38(32)26-8-4-3-5-9-26/h3-5,8-11,20-21H,6-7,12-19,22-23H2,1-2H3,(H,35,40). The van der Waals surface area contributed by atoms with E-state index in [0.717, 1.165) is 81.5 Å². The van der Waals surface area contributed by atoms with E-state index in [-0.39, 0.29) is 17.2 Å². The molecule has 40 heavy (non-hydrogen) atoms. The van der Waals surface area contributed by atoms with Crippen molar-refractivity contribution in [3.63, 3.8) is 0 Å². The van der Waals surface area contributed by atoms with Crippen molar-refractivity contribution in [2.45, 2.75) is 63.3 Å². The van der Waals surface area contributed by atoms with Crippen LogP contribution < -0.4 is 10.2 Å². The molecule has 0 saturated carbocycles. The maximum absolute atomic E-state index is 13.0. The van der Waals surface area contributed by atoms with E-state index < -0.39 is 5.54 Å². The number of rotatable bonds is 7. The molecular weight excluding hydrogens is 543 g/mol. The molecule has 3 heterocycles. The maximum atomic E-state index is 13.0. The van der Waals surface area contributed by atoms with Crippen LogP contribution in [0.2, 0.25) is 10.0 Å². The number of allylic oxidation sites excluding steroid dienone is 1. The van der Waals surface area contributed by atoms with Gasteiger partial charge >= 0.3 is 0 Å². The zero-order chi connectivity index (χ0) is 28.3. The Morgan fingerprint density at radius 3 is 2.45 bits per heavy atom. The first kappa shape index (κ1) is 29.0. The molecular formula is C32H40Cl2N4O2. The van der Waals surface area contributed by atoms with Crippen molar-refractivity contribution in [2.24, 2.45) is 0 Å². The third-order valence-electron chi connectivity index (χ3n) is 9.05. The SMILES string of the molecule is CC(C)=CC(=O)N1CCCC(CCCN2CCC3(CC2)C(=O)NCN3c2ccccc2)(c2ccc(Cl)c(Cl)c2)C1. The van der Waals surface area contributed by atoms with Gasteiger partial charge in [0.15, 0.2) is 0 Å². The number of benzene rings is 2. The number of piperidine rings is 2. The highest BCUT2D eigenvalue weighted by Crippen LogP contribution is 2.41. The van der Waals surface area contributed by atoms with Crippen molar-refractivity contribution in [1.29, 1.82) is 0 Å². The molecule has 0 aliphatic carbocycles. The average Bonchev–Trinajstić information content (AvgIpc) is 3.26. The van der Waals surface area contributed by atoms with Gasteiger partial charge in [-0.1, -0.05) is 53.0 Å². The van der Waals surface area contributed by atoms with Crippen LogP contribution in [0.5, 0.6) is 0 Å². The minimum absolute atomic E-state index is 0.0864. The monoisotopic (exact) mass is 582 g/mol. The molecule has 3 fully saturated rings. The third-order valence-corrected chi connectivity index (χ3v) is 9.79. The molecule has 3 aliphatic rings. The first-order valence-electron chi connectivity index (χ1n) is 14.5. The van der Waals surface area contributed by atoms with E-state index in [2.05, 4.69) is 33.3 Å². The number of nitrogens with zero attached hydrogens (tertiary/aromatic N) is 3. The Kier molecular flexibility index (Phi) is 8.79. The fraction of sp³-hybridized carbons (Fsp3) is 0.500. The molecule has 0 aromatic heterocycles. The molecule has 1 atom stereocenters. The van der Waals surface area contributed by atoms with Crippen LogP contribution in [-0.2, 0) is 15.0 Å². The predicted molar refractivity (Wildman–Crippen MR) is 163 cm³/mol. The summed E-state index contributed by atoms with van der Waals surface area (Å²) in [5, 5.41) is 4.21. The number of nitrogens with one attached hydrogen (secondary N) is 1. The van der Waals surface area contributed by atoms with Gasteiger partial charge in [0.1, 0.15) is 5.54 Å². The summed E-state index contributed by atoms with van der Waals surface area (Å²) >= 11 is 12.8. The molecule has 1 spiro atoms. The average molecular weight is 584 g/mol. The van der Waals surface area contributed by atoms with Crippen molar-refractivity contribution in [3.8, 4) is 0 Å². The van der Waals surface area contributed by atoms with Gasteiger partial charge in [-0.15, -0.1) is 0 Å². The molecule has 1 N–H and O–H groups in total. The summed E-state index contributed by atoms with van der Waals surface area (Å²) in [5.74, 6) is 0.237. The predicted octanol–water partition coefficient (Wildman–Crippen LogP) is 6.03. The number of hydrogen-bond donors (Lipinski definition) is 1. The lowest BCUT2D eigenvalue weighted by Gasteiger charge is -2.45. The summed E-state index contributed by atoms with van der Waals surface area (Å²) in [6.45, 7) is 8.70. The molecule has 0 radical (unpaired) electrons. The quantitative estimate of drug-likeness (QED) is 0.405. The van der Waals surface area contributed by atoms with Gasteiger partial charge in [-0.3, -0.25) is 9.59 Å². The van der Waals surface area contributed by atoms with Crippen molar-refractivity contribution in [3.05, 3.63) is 75.8 Å². The molecule has 8 heteroatoms. The van der Waals surface area contributed by atoms with Crippen LogP contribution in [-0.4, -0.2) is 66.5 Å². The van der Waals surface area contributed by atoms with Gasteiger partial charge < -0.3 is 20.0 Å². The number of carbonyl (C=O) groups excluding carboxylic acids is 2. The van der Waals surface area contributed by atoms with Crippen molar-refractivity contribution >= 4 is 40.7 Å². The minimum atomic E-state index is -0.464. The number of likely N-dealkylation sites (tertiary alicyclic amines) is 2. The van der Waals surface area contributed by atoms with Crippen LogP contribution in [0.1, 0.15) is 57.9 Å². The molecule has 3 aliphatic heterocycles. The molecule has 3 saturated heterocycles. The zero-order valence-electron chi connectivity index (χ0n) is 23.6. The molecule has 1 unspecified atom stereocenters. The van der Waals surface area contributed by atoms with Crippen LogP contribution in [0.15, 0.2) is 60.2 Å². The number of amides is 2. The summed E-state index contributed by atoms with van der Waals surface area (Å²) in [4.78, 5) is 32.8. The van der Waals surface area contributed by atoms with Gasteiger partial charge in [-0.25, -0.2) is 0 Å². The number of halogens is 2. The molecule has 2 amide bonds. The second-order valence-electron chi connectivity index (χ2n) is 11.9. The van der Waals surface area contributed by atoms with Crippen molar-refractivity contribution in [1.82, 2.24) is 15.1 Å². The third kappa shape index (κ3) is 5.90. The number of hydrogen-bond acceptors (Lipinski definition) is 4. The Morgan fingerprint density at radius 1 is 1.00 bits per heavy atom. The van der Waals surface area contributed by atoms with Gasteiger partial charge in [0.05, 0.1) is 16.7 Å². The summed E-state index contributed by atoms with van der Waals surface area (Å²) in [6, 6.07) is 16.2. The normalized spacial score (nSPS) is 22.9. The molecule has 214 valence electrons. The van der Waals surface area contributed by atoms with Crippen molar-refractivity contribution in [2.75, 3.05) is 44.3 Å². The fourth-order valence-corrected chi connectivity index (χ4v) is 7.19. The van der Waals surface area contributed by atoms with Gasteiger partial charge in [0.2, 0.25) is 11.8 Å². The molecule has 6 nitrogen and oxygen atoms in total. The maximum Gasteiger partial charge on any atom is 0.247 e. The van der Waals surface area contributed by atoms with Crippen molar-refractivity contribution < 1.29 is 9.59 Å². The fourth-order valence-electron chi connectivity index (χ4n) is 6.89. The van der Waals surface area contributed by atoms with Crippen LogP contribution in [0.3, 0.4) is 0 Å². The number of anilines is 1. The highest BCUT2D eigenvalue weighted by atomic mass is 35.5. The Hall–Kier alpha value is -2.54. The smallest absolute Gasteiger partial charge is 0.247 e. The van der Waals surface area contributed by atoms with Gasteiger partial charge in [-0.2, -0.15) is 0 Å². The van der Waals surface area contributed by atoms with E-state index in [1.165, 1.54) is 0 Å². The first-order chi connectivity index (χ1) is 19.2. The highest BCUT2D eigenvalue weighted by Gasteiger charge is 2.50. The summed E-state index contributed by atoms with van der Waals surface area (Å²) in [7, 11) is 0. The number of para-hydroxylation sites is 1. The lowest BCUT2D eigenvalue weighted by atomic mass is 9.71. The topological polar surface area (TPSA) is 55.9 Å². The van der Waals surface area contributed by atoms with E-state index in [1.807, 2.05) is 49.1 Å². The van der Waals surface area contributed by atoms with E-state index in [1.54, 1.807) is 6.08 Å². The van der Waals surface area contributed by atoms with E-state index >= 15 is 0 Å². The largest absolute Gasteiger partial charge is 0.339 e. The minimum Gasteiger partial charge on any atom is -0.339 e. The molecule has 2 aromatic rings. The Labute approximate surface area is 248 Å². The van der Waals surface area contributed by atoms with Crippen LogP contribution in [0, 0.1) is 0 Å². The lowest BCUT2D eigenvalue weighted by molar-refractivity contribution is -0.128. The zero-order valence-corrected chi connectivity index (χ0v) is 25.1.